The summed E-state index contributed by atoms with van der Waals surface area (Å²) in [6, 6.07) is 10.6. The van der Waals surface area contributed by atoms with Gasteiger partial charge < -0.3 is 5.32 Å². The average Bonchev–Trinajstić information content (AvgIpc) is 2.38. The Kier molecular flexibility index (Phi) is 3.79. The number of hydrogen-bond acceptors (Lipinski definition) is 1. The van der Waals surface area contributed by atoms with Crippen LogP contribution in [-0.2, 0) is 6.18 Å². The SMILES string of the molecule is [CH]c1cccc(NC(=O)c2cccc(C(F)(F)F)c2)c1. The molecule has 2 radical (unpaired) electrons. The molecule has 102 valence electrons. The molecule has 2 rings (SSSR count). The highest BCUT2D eigenvalue weighted by Gasteiger charge is 2.30. The van der Waals surface area contributed by atoms with Gasteiger partial charge in [0, 0.05) is 11.3 Å². The molecule has 0 heterocycles. The van der Waals surface area contributed by atoms with Gasteiger partial charge in [-0.05, 0) is 42.8 Å². The quantitative estimate of drug-likeness (QED) is 0.882. The van der Waals surface area contributed by atoms with E-state index in [2.05, 4.69) is 5.32 Å². The molecule has 1 amide bonds. The second-order valence-electron chi connectivity index (χ2n) is 4.16. The number of hydrogen-bond donors (Lipinski definition) is 1. The van der Waals surface area contributed by atoms with Gasteiger partial charge in [-0.3, -0.25) is 4.79 Å². The number of alkyl halides is 3. The molecule has 0 aliphatic carbocycles. The fourth-order valence-corrected chi connectivity index (χ4v) is 1.66. The van der Waals surface area contributed by atoms with E-state index in [-0.39, 0.29) is 5.56 Å². The molecule has 0 fully saturated rings. The maximum Gasteiger partial charge on any atom is 0.416 e. The number of halogens is 3. The monoisotopic (exact) mass is 277 g/mol. The highest BCUT2D eigenvalue weighted by atomic mass is 19.4. The van der Waals surface area contributed by atoms with Crippen molar-refractivity contribution in [1.82, 2.24) is 0 Å². The van der Waals surface area contributed by atoms with Crippen LogP contribution in [0.1, 0.15) is 21.5 Å². The molecule has 0 bridgehead atoms. The number of carbonyl (C=O) groups is 1. The summed E-state index contributed by atoms with van der Waals surface area (Å²) in [4.78, 5) is 11.9. The van der Waals surface area contributed by atoms with Crippen molar-refractivity contribution < 1.29 is 18.0 Å². The van der Waals surface area contributed by atoms with E-state index in [4.69, 9.17) is 6.92 Å². The van der Waals surface area contributed by atoms with E-state index in [1.807, 2.05) is 0 Å². The van der Waals surface area contributed by atoms with Gasteiger partial charge in [0.05, 0.1) is 5.56 Å². The molecule has 20 heavy (non-hydrogen) atoms. The van der Waals surface area contributed by atoms with Crippen molar-refractivity contribution in [2.24, 2.45) is 0 Å². The van der Waals surface area contributed by atoms with Crippen molar-refractivity contribution in [3.05, 3.63) is 72.1 Å². The normalized spacial score (nSPS) is 11.2. The van der Waals surface area contributed by atoms with Crippen molar-refractivity contribution in [2.45, 2.75) is 6.18 Å². The van der Waals surface area contributed by atoms with Crippen LogP contribution >= 0.6 is 0 Å². The Bertz CT molecular complexity index is 635. The third kappa shape index (κ3) is 3.38. The van der Waals surface area contributed by atoms with Crippen molar-refractivity contribution >= 4 is 11.6 Å². The number of carbonyl (C=O) groups excluding carboxylic acids is 1. The molecule has 0 unspecified atom stereocenters. The van der Waals surface area contributed by atoms with Crippen LogP contribution < -0.4 is 5.32 Å². The smallest absolute Gasteiger partial charge is 0.322 e. The van der Waals surface area contributed by atoms with Gasteiger partial charge in [0.25, 0.3) is 5.91 Å². The van der Waals surface area contributed by atoms with Crippen LogP contribution in [0.5, 0.6) is 0 Å². The topological polar surface area (TPSA) is 29.1 Å². The second kappa shape index (κ2) is 5.36. The van der Waals surface area contributed by atoms with E-state index in [1.54, 1.807) is 18.2 Å². The zero-order valence-corrected chi connectivity index (χ0v) is 10.2. The Hall–Kier alpha value is -2.30. The van der Waals surface area contributed by atoms with Crippen LogP contribution in [0, 0.1) is 6.92 Å². The summed E-state index contributed by atoms with van der Waals surface area (Å²) in [6.45, 7) is 5.55. The molecule has 2 aromatic carbocycles. The number of amides is 1. The predicted molar refractivity (Wildman–Crippen MR) is 69.2 cm³/mol. The number of rotatable bonds is 2. The number of nitrogens with one attached hydrogen (secondary N) is 1. The molecule has 1 N–H and O–H groups in total. The number of anilines is 1. The van der Waals surface area contributed by atoms with Gasteiger partial charge in [0.15, 0.2) is 0 Å². The van der Waals surface area contributed by atoms with Crippen LogP contribution in [0.2, 0.25) is 0 Å². The molecule has 0 saturated heterocycles. The van der Waals surface area contributed by atoms with E-state index in [9.17, 15) is 18.0 Å². The highest BCUT2D eigenvalue weighted by Crippen LogP contribution is 2.29. The fourth-order valence-electron chi connectivity index (χ4n) is 1.66. The lowest BCUT2D eigenvalue weighted by Gasteiger charge is -2.09. The maximum atomic E-state index is 12.6. The maximum absolute atomic E-state index is 12.6. The van der Waals surface area contributed by atoms with Gasteiger partial charge in [-0.25, -0.2) is 0 Å². The molecule has 0 aromatic heterocycles. The second-order valence-corrected chi connectivity index (χ2v) is 4.16. The first-order chi connectivity index (χ1) is 9.36. The van der Waals surface area contributed by atoms with Crippen LogP contribution in [0.3, 0.4) is 0 Å². The lowest BCUT2D eigenvalue weighted by atomic mass is 10.1. The van der Waals surface area contributed by atoms with E-state index in [1.165, 1.54) is 18.2 Å². The van der Waals surface area contributed by atoms with Crippen molar-refractivity contribution in [1.29, 1.82) is 0 Å². The van der Waals surface area contributed by atoms with Gasteiger partial charge >= 0.3 is 6.18 Å². The molecule has 2 aromatic rings. The van der Waals surface area contributed by atoms with Gasteiger partial charge in [-0.15, -0.1) is 0 Å². The fraction of sp³-hybridized carbons (Fsp3) is 0.0667. The molecule has 5 heteroatoms. The summed E-state index contributed by atoms with van der Waals surface area (Å²) in [5.41, 5.74) is -0.0563. The van der Waals surface area contributed by atoms with Crippen LogP contribution in [0.25, 0.3) is 0 Å². The first-order valence-electron chi connectivity index (χ1n) is 5.70. The van der Waals surface area contributed by atoms with Gasteiger partial charge in [0.1, 0.15) is 0 Å². The standard InChI is InChI=1S/C15H10F3NO/c1-10-4-2-7-13(8-10)19-14(20)11-5-3-6-12(9-11)15(16,17)18/h1-9H,(H,19,20). The lowest BCUT2D eigenvalue weighted by Crippen LogP contribution is -2.13. The van der Waals surface area contributed by atoms with E-state index in [0.29, 0.717) is 11.3 Å². The Labute approximate surface area is 114 Å². The Balaban J connectivity index is 2.22. The number of benzene rings is 2. The molecular weight excluding hydrogens is 267 g/mol. The summed E-state index contributed by atoms with van der Waals surface area (Å²) in [7, 11) is 0. The third-order valence-corrected chi connectivity index (χ3v) is 2.60. The molecule has 0 aliphatic heterocycles. The minimum absolute atomic E-state index is 0.0674. The molecule has 0 saturated carbocycles. The zero-order valence-electron chi connectivity index (χ0n) is 10.2. The Morgan fingerprint density at radius 2 is 1.75 bits per heavy atom. The minimum Gasteiger partial charge on any atom is -0.322 e. The minimum atomic E-state index is -4.48. The van der Waals surface area contributed by atoms with E-state index < -0.39 is 17.6 Å². The van der Waals surface area contributed by atoms with Crippen LogP contribution in [0.15, 0.2) is 48.5 Å². The van der Waals surface area contributed by atoms with Crippen LogP contribution in [-0.4, -0.2) is 5.91 Å². The summed E-state index contributed by atoms with van der Waals surface area (Å²) < 4.78 is 37.7. The zero-order chi connectivity index (χ0) is 14.8. The molecule has 2 nitrogen and oxygen atoms in total. The summed E-state index contributed by atoms with van der Waals surface area (Å²) in [5, 5.41) is 2.49. The van der Waals surface area contributed by atoms with Gasteiger partial charge in [-0.2, -0.15) is 13.2 Å². The first-order valence-corrected chi connectivity index (χ1v) is 5.70. The van der Waals surface area contributed by atoms with Gasteiger partial charge in [-0.1, -0.05) is 18.2 Å². The summed E-state index contributed by atoms with van der Waals surface area (Å²) in [6.07, 6.45) is -4.48. The largest absolute Gasteiger partial charge is 0.416 e. The molecular formula is C15H10F3NO. The lowest BCUT2D eigenvalue weighted by molar-refractivity contribution is -0.137. The van der Waals surface area contributed by atoms with Crippen LogP contribution in [0.4, 0.5) is 18.9 Å². The highest BCUT2D eigenvalue weighted by molar-refractivity contribution is 6.04. The Morgan fingerprint density at radius 3 is 2.40 bits per heavy atom. The first kappa shape index (κ1) is 14.1. The third-order valence-electron chi connectivity index (χ3n) is 2.60. The average molecular weight is 277 g/mol. The van der Waals surface area contributed by atoms with Crippen molar-refractivity contribution in [2.75, 3.05) is 5.32 Å². The predicted octanol–water partition coefficient (Wildman–Crippen LogP) is 4.02. The summed E-state index contributed by atoms with van der Waals surface area (Å²) in [5.74, 6) is -0.623. The van der Waals surface area contributed by atoms with E-state index >= 15 is 0 Å². The Morgan fingerprint density at radius 1 is 1.05 bits per heavy atom. The molecule has 0 atom stereocenters. The molecule has 0 spiro atoms. The van der Waals surface area contributed by atoms with Gasteiger partial charge in [0.2, 0.25) is 0 Å². The summed E-state index contributed by atoms with van der Waals surface area (Å²) >= 11 is 0. The molecule has 0 aliphatic rings. The van der Waals surface area contributed by atoms with E-state index in [0.717, 1.165) is 12.1 Å². The van der Waals surface area contributed by atoms with Crippen molar-refractivity contribution in [3.8, 4) is 0 Å². The van der Waals surface area contributed by atoms with Crippen molar-refractivity contribution in [3.63, 3.8) is 0 Å².